The summed E-state index contributed by atoms with van der Waals surface area (Å²) in [6.07, 6.45) is 5.16. The van der Waals surface area contributed by atoms with Crippen LogP contribution in [0.1, 0.15) is 43.2 Å². The molecule has 0 spiro atoms. The van der Waals surface area contributed by atoms with Gasteiger partial charge in [0.2, 0.25) is 5.91 Å². The van der Waals surface area contributed by atoms with Gasteiger partial charge in [-0.2, -0.15) is 0 Å². The van der Waals surface area contributed by atoms with Crippen LogP contribution in [0, 0.1) is 11.8 Å². The van der Waals surface area contributed by atoms with Gasteiger partial charge in [0, 0.05) is 25.9 Å². The van der Waals surface area contributed by atoms with Crippen molar-refractivity contribution in [3.8, 4) is 0 Å². The van der Waals surface area contributed by atoms with Crippen LogP contribution >= 0.6 is 0 Å². The molecule has 154 valence electrons. The third-order valence-electron chi connectivity index (χ3n) is 5.84. The van der Waals surface area contributed by atoms with Gasteiger partial charge >= 0.3 is 5.97 Å². The summed E-state index contributed by atoms with van der Waals surface area (Å²) in [5.74, 6) is 0.0262. The van der Waals surface area contributed by atoms with Crippen LogP contribution in [0.4, 0.5) is 0 Å². The predicted octanol–water partition coefficient (Wildman–Crippen LogP) is 4.58. The number of carboxylic acids is 1. The lowest BCUT2D eigenvalue weighted by Crippen LogP contribution is -2.41. The van der Waals surface area contributed by atoms with E-state index in [0.717, 1.165) is 32.2 Å². The summed E-state index contributed by atoms with van der Waals surface area (Å²) in [4.78, 5) is 25.9. The molecule has 0 saturated carbocycles. The minimum Gasteiger partial charge on any atom is -0.481 e. The largest absolute Gasteiger partial charge is 0.481 e. The van der Waals surface area contributed by atoms with Crippen LogP contribution in [0.3, 0.4) is 0 Å². The standard InChI is InChI=1S/C25H31NO3/c27-24(26-15-7-12-22(19-26)13-14-25(28)29)18-23(16-20-8-3-1-4-9-20)17-21-10-5-2-6-11-21/h1-6,8-11,22-23H,7,12-19H2,(H,28,29). The molecule has 1 amide bonds. The summed E-state index contributed by atoms with van der Waals surface area (Å²) in [6, 6.07) is 20.8. The summed E-state index contributed by atoms with van der Waals surface area (Å²) >= 11 is 0. The molecule has 1 N–H and O–H groups in total. The number of amides is 1. The van der Waals surface area contributed by atoms with E-state index in [1.54, 1.807) is 0 Å². The minimum atomic E-state index is -0.751. The zero-order valence-electron chi connectivity index (χ0n) is 17.0. The lowest BCUT2D eigenvalue weighted by Gasteiger charge is -2.33. The molecule has 0 radical (unpaired) electrons. The second-order valence-electron chi connectivity index (χ2n) is 8.23. The highest BCUT2D eigenvalue weighted by Crippen LogP contribution is 2.24. The maximum Gasteiger partial charge on any atom is 0.303 e. The highest BCUT2D eigenvalue weighted by molar-refractivity contribution is 5.76. The quantitative estimate of drug-likeness (QED) is 0.678. The number of rotatable bonds is 9. The van der Waals surface area contributed by atoms with E-state index >= 15 is 0 Å². The Morgan fingerprint density at radius 1 is 0.966 bits per heavy atom. The van der Waals surface area contributed by atoms with E-state index in [9.17, 15) is 9.59 Å². The molecule has 2 aromatic rings. The van der Waals surface area contributed by atoms with Crippen molar-refractivity contribution in [1.29, 1.82) is 0 Å². The molecule has 0 aliphatic carbocycles. The van der Waals surface area contributed by atoms with Gasteiger partial charge in [0.25, 0.3) is 0 Å². The maximum atomic E-state index is 13.1. The van der Waals surface area contributed by atoms with E-state index in [-0.39, 0.29) is 18.2 Å². The van der Waals surface area contributed by atoms with Gasteiger partial charge in [0.05, 0.1) is 0 Å². The van der Waals surface area contributed by atoms with E-state index < -0.39 is 5.97 Å². The number of hydrogen-bond donors (Lipinski definition) is 1. The summed E-state index contributed by atoms with van der Waals surface area (Å²) in [7, 11) is 0. The molecule has 1 aliphatic rings. The first kappa shape index (κ1) is 21.1. The smallest absolute Gasteiger partial charge is 0.303 e. The fourth-order valence-electron chi connectivity index (χ4n) is 4.34. The Labute approximate surface area is 173 Å². The van der Waals surface area contributed by atoms with Crippen molar-refractivity contribution < 1.29 is 14.7 Å². The Balaban J connectivity index is 1.62. The average Bonchev–Trinajstić information content (AvgIpc) is 2.74. The topological polar surface area (TPSA) is 57.6 Å². The first-order chi connectivity index (χ1) is 14.1. The zero-order valence-corrected chi connectivity index (χ0v) is 17.0. The lowest BCUT2D eigenvalue weighted by molar-refractivity contribution is -0.137. The predicted molar refractivity (Wildman–Crippen MR) is 115 cm³/mol. The zero-order chi connectivity index (χ0) is 20.5. The Kier molecular flexibility index (Phi) is 7.85. The second kappa shape index (κ2) is 10.8. The van der Waals surface area contributed by atoms with E-state index in [1.165, 1.54) is 11.1 Å². The molecule has 2 aromatic carbocycles. The lowest BCUT2D eigenvalue weighted by atomic mass is 9.88. The molecule has 1 aliphatic heterocycles. The molecule has 4 heteroatoms. The first-order valence-electron chi connectivity index (χ1n) is 10.7. The van der Waals surface area contributed by atoms with Crippen LogP contribution in [0.25, 0.3) is 0 Å². The Morgan fingerprint density at radius 3 is 2.10 bits per heavy atom. The monoisotopic (exact) mass is 393 g/mol. The number of nitrogens with zero attached hydrogens (tertiary/aromatic N) is 1. The van der Waals surface area contributed by atoms with Gasteiger partial charge in [-0.05, 0) is 55.1 Å². The first-order valence-corrected chi connectivity index (χ1v) is 10.7. The van der Waals surface area contributed by atoms with Gasteiger partial charge in [-0.3, -0.25) is 9.59 Å². The number of carbonyl (C=O) groups is 2. The minimum absolute atomic E-state index is 0.192. The number of aliphatic carboxylic acids is 1. The normalized spacial score (nSPS) is 16.7. The molecular formula is C25H31NO3. The van der Waals surface area contributed by atoms with E-state index in [4.69, 9.17) is 5.11 Å². The highest BCUT2D eigenvalue weighted by atomic mass is 16.4. The highest BCUT2D eigenvalue weighted by Gasteiger charge is 2.26. The average molecular weight is 394 g/mol. The molecule has 1 unspecified atom stereocenters. The van der Waals surface area contributed by atoms with Crippen molar-refractivity contribution >= 4 is 11.9 Å². The van der Waals surface area contributed by atoms with Gasteiger partial charge in [0.1, 0.15) is 0 Å². The van der Waals surface area contributed by atoms with E-state index in [2.05, 4.69) is 48.5 Å². The molecular weight excluding hydrogens is 362 g/mol. The van der Waals surface area contributed by atoms with E-state index in [0.29, 0.717) is 25.3 Å². The number of carboxylic acid groups (broad SMARTS) is 1. The van der Waals surface area contributed by atoms with Crippen molar-refractivity contribution in [2.75, 3.05) is 13.1 Å². The van der Waals surface area contributed by atoms with Crippen molar-refractivity contribution in [3.63, 3.8) is 0 Å². The van der Waals surface area contributed by atoms with Crippen LogP contribution < -0.4 is 0 Å². The molecule has 4 nitrogen and oxygen atoms in total. The Bertz CT molecular complexity index is 734. The summed E-state index contributed by atoms with van der Waals surface area (Å²) < 4.78 is 0. The number of hydrogen-bond acceptors (Lipinski definition) is 2. The van der Waals surface area contributed by atoms with Gasteiger partial charge in [0.15, 0.2) is 0 Å². The third kappa shape index (κ3) is 7.04. The molecule has 1 heterocycles. The third-order valence-corrected chi connectivity index (χ3v) is 5.84. The van der Waals surface area contributed by atoms with Crippen LogP contribution in [0.2, 0.25) is 0 Å². The van der Waals surface area contributed by atoms with Crippen molar-refractivity contribution in [2.45, 2.75) is 44.9 Å². The number of piperidine rings is 1. The molecule has 1 atom stereocenters. The van der Waals surface area contributed by atoms with Gasteiger partial charge in [-0.1, -0.05) is 60.7 Å². The van der Waals surface area contributed by atoms with Gasteiger partial charge in [-0.15, -0.1) is 0 Å². The molecule has 3 rings (SSSR count). The summed E-state index contributed by atoms with van der Waals surface area (Å²) in [5, 5.41) is 8.94. The van der Waals surface area contributed by atoms with Gasteiger partial charge in [-0.25, -0.2) is 0 Å². The second-order valence-corrected chi connectivity index (χ2v) is 8.23. The number of benzene rings is 2. The van der Waals surface area contributed by atoms with Crippen LogP contribution in [0.15, 0.2) is 60.7 Å². The van der Waals surface area contributed by atoms with Crippen LogP contribution in [0.5, 0.6) is 0 Å². The number of likely N-dealkylation sites (tertiary alicyclic amines) is 1. The maximum absolute atomic E-state index is 13.1. The van der Waals surface area contributed by atoms with E-state index in [1.807, 2.05) is 17.0 Å². The molecule has 1 fully saturated rings. The Hall–Kier alpha value is -2.62. The number of carbonyl (C=O) groups excluding carboxylic acids is 1. The van der Waals surface area contributed by atoms with Crippen molar-refractivity contribution in [1.82, 2.24) is 4.90 Å². The molecule has 1 saturated heterocycles. The molecule has 29 heavy (non-hydrogen) atoms. The SMILES string of the molecule is O=C(O)CCC1CCCN(C(=O)CC(Cc2ccccc2)Cc2ccccc2)C1. The van der Waals surface area contributed by atoms with Gasteiger partial charge < -0.3 is 10.0 Å². The Morgan fingerprint density at radius 2 is 1.55 bits per heavy atom. The molecule has 0 aromatic heterocycles. The summed E-state index contributed by atoms with van der Waals surface area (Å²) in [6.45, 7) is 1.50. The van der Waals surface area contributed by atoms with Crippen LogP contribution in [-0.4, -0.2) is 35.0 Å². The summed E-state index contributed by atoms with van der Waals surface area (Å²) in [5.41, 5.74) is 2.53. The van der Waals surface area contributed by atoms with Crippen LogP contribution in [-0.2, 0) is 22.4 Å². The van der Waals surface area contributed by atoms with Crippen molar-refractivity contribution in [2.24, 2.45) is 11.8 Å². The fourth-order valence-corrected chi connectivity index (χ4v) is 4.34. The van der Waals surface area contributed by atoms with Crippen molar-refractivity contribution in [3.05, 3.63) is 71.8 Å². The molecule has 0 bridgehead atoms. The fraction of sp³-hybridized carbons (Fsp3) is 0.440.